The van der Waals surface area contributed by atoms with E-state index in [4.69, 9.17) is 4.74 Å². The molecule has 2 N–H and O–H groups in total. The number of benzene rings is 1. The molecule has 26 heavy (non-hydrogen) atoms. The Bertz CT molecular complexity index is 666. The minimum Gasteiger partial charge on any atom is -0.489 e. The highest BCUT2D eigenvalue weighted by Gasteiger charge is 2.15. The average molecular weight is 355 g/mol. The van der Waals surface area contributed by atoms with Gasteiger partial charge >= 0.3 is 0 Å². The molecule has 0 spiro atoms. The van der Waals surface area contributed by atoms with E-state index in [2.05, 4.69) is 15.5 Å². The van der Waals surface area contributed by atoms with Crippen LogP contribution in [0.25, 0.3) is 11.3 Å². The number of aromatic amines is 1. The molecule has 1 aromatic carbocycles. The van der Waals surface area contributed by atoms with Crippen molar-refractivity contribution in [3.63, 3.8) is 0 Å². The predicted octanol–water partition coefficient (Wildman–Crippen LogP) is 3.91. The highest BCUT2D eigenvalue weighted by Crippen LogP contribution is 2.21. The Balaban J connectivity index is 0.000000236. The summed E-state index contributed by atoms with van der Waals surface area (Å²) in [7, 11) is 0. The lowest BCUT2D eigenvalue weighted by molar-refractivity contribution is 0.223. The van der Waals surface area contributed by atoms with Gasteiger partial charge in [0.05, 0.1) is 5.69 Å². The smallest absolute Gasteiger partial charge is 0.264 e. The molecular formula is C21H29N3O2. The summed E-state index contributed by atoms with van der Waals surface area (Å²) in [6, 6.07) is 10.9. The van der Waals surface area contributed by atoms with Crippen LogP contribution in [0, 0.1) is 0 Å². The van der Waals surface area contributed by atoms with E-state index >= 15 is 0 Å². The fourth-order valence-electron chi connectivity index (χ4n) is 3.37. The van der Waals surface area contributed by atoms with Gasteiger partial charge in [-0.15, -0.1) is 0 Å². The second kappa shape index (κ2) is 10.1. The molecule has 1 saturated heterocycles. The van der Waals surface area contributed by atoms with Crippen LogP contribution in [0.15, 0.2) is 41.2 Å². The first kappa shape index (κ1) is 18.6. The predicted molar refractivity (Wildman–Crippen MR) is 105 cm³/mol. The first-order chi connectivity index (χ1) is 12.8. The van der Waals surface area contributed by atoms with Crippen LogP contribution in [-0.4, -0.2) is 29.4 Å². The van der Waals surface area contributed by atoms with E-state index in [-0.39, 0.29) is 11.7 Å². The summed E-state index contributed by atoms with van der Waals surface area (Å²) >= 11 is 0. The van der Waals surface area contributed by atoms with Crippen LogP contribution in [0.5, 0.6) is 5.75 Å². The molecule has 1 unspecified atom stereocenters. The van der Waals surface area contributed by atoms with Gasteiger partial charge in [-0.25, -0.2) is 5.10 Å². The fourth-order valence-corrected chi connectivity index (χ4v) is 3.37. The van der Waals surface area contributed by atoms with Crippen LogP contribution in [-0.2, 0) is 0 Å². The van der Waals surface area contributed by atoms with Crippen molar-refractivity contribution in [1.29, 1.82) is 0 Å². The Morgan fingerprint density at radius 3 is 2.04 bits per heavy atom. The molecule has 5 heteroatoms. The van der Waals surface area contributed by atoms with Gasteiger partial charge in [0.15, 0.2) is 0 Å². The molecule has 2 fully saturated rings. The molecule has 2 aromatic rings. The lowest BCUT2D eigenvalue weighted by Gasteiger charge is -2.12. The molecule has 0 radical (unpaired) electrons. The van der Waals surface area contributed by atoms with Gasteiger partial charge < -0.3 is 10.1 Å². The second-order valence-electron chi connectivity index (χ2n) is 7.04. The third-order valence-corrected chi connectivity index (χ3v) is 4.90. The van der Waals surface area contributed by atoms with Gasteiger partial charge in [0, 0.05) is 18.2 Å². The Kier molecular flexibility index (Phi) is 7.25. The number of ether oxygens (including phenoxy) is 1. The van der Waals surface area contributed by atoms with Gasteiger partial charge in [-0.05, 0) is 43.3 Å². The molecule has 1 aromatic heterocycles. The zero-order chi connectivity index (χ0) is 18.0. The zero-order valence-corrected chi connectivity index (χ0v) is 15.4. The van der Waals surface area contributed by atoms with Crippen LogP contribution in [0.2, 0.25) is 0 Å². The first-order valence-corrected chi connectivity index (χ1v) is 9.85. The van der Waals surface area contributed by atoms with Crippen LogP contribution in [0.1, 0.15) is 51.4 Å². The van der Waals surface area contributed by atoms with Crippen molar-refractivity contribution in [2.45, 2.75) is 57.5 Å². The number of nitrogens with one attached hydrogen (secondary N) is 2. The van der Waals surface area contributed by atoms with E-state index in [1.807, 2.05) is 24.3 Å². The van der Waals surface area contributed by atoms with E-state index in [0.717, 1.165) is 36.5 Å². The van der Waals surface area contributed by atoms with E-state index in [9.17, 15) is 4.79 Å². The summed E-state index contributed by atoms with van der Waals surface area (Å²) in [6.45, 7) is 1.92. The van der Waals surface area contributed by atoms with Crippen molar-refractivity contribution in [3.8, 4) is 17.0 Å². The number of rotatable bonds is 3. The number of hydrogen-bond donors (Lipinski definition) is 2. The van der Waals surface area contributed by atoms with Crippen molar-refractivity contribution >= 4 is 0 Å². The highest BCUT2D eigenvalue weighted by molar-refractivity contribution is 5.59. The summed E-state index contributed by atoms with van der Waals surface area (Å²) in [6.07, 6.45) is 11.8. The zero-order valence-electron chi connectivity index (χ0n) is 15.4. The lowest BCUT2D eigenvalue weighted by Crippen LogP contribution is -2.19. The molecule has 140 valence electrons. The maximum atomic E-state index is 11.0. The molecule has 1 atom stereocenters. The Morgan fingerprint density at radius 2 is 1.54 bits per heavy atom. The number of hydrogen-bond acceptors (Lipinski definition) is 4. The summed E-state index contributed by atoms with van der Waals surface area (Å²) in [5.74, 6) is 0.863. The van der Waals surface area contributed by atoms with Crippen LogP contribution < -0.4 is 15.6 Å². The molecule has 0 bridgehead atoms. The molecule has 0 amide bonds. The number of nitrogens with zero attached hydrogens (tertiary/aromatic N) is 1. The van der Waals surface area contributed by atoms with Crippen LogP contribution >= 0.6 is 0 Å². The summed E-state index contributed by atoms with van der Waals surface area (Å²) in [4.78, 5) is 11.0. The standard InChI is InChI=1S/C14H15N3O2.C7H14/c18-14-6-5-13(16-17-14)10-1-3-11(4-2-10)19-12-7-8-15-9-12;1-2-4-6-7-5-3-1/h1-6,12,15H,7-9H2,(H,17,18);1-7H2. The molecule has 4 rings (SSSR count). The van der Waals surface area contributed by atoms with Gasteiger partial charge in [0.25, 0.3) is 5.56 Å². The molecule has 1 saturated carbocycles. The Hall–Kier alpha value is -2.14. The van der Waals surface area contributed by atoms with Crippen LogP contribution in [0.3, 0.4) is 0 Å². The maximum absolute atomic E-state index is 11.0. The third-order valence-electron chi connectivity index (χ3n) is 4.90. The number of H-pyrrole nitrogens is 1. The lowest BCUT2D eigenvalue weighted by atomic mass is 10.1. The van der Waals surface area contributed by atoms with E-state index in [0.29, 0.717) is 0 Å². The first-order valence-electron chi connectivity index (χ1n) is 9.85. The summed E-state index contributed by atoms with van der Waals surface area (Å²) in [5.41, 5.74) is 1.50. The van der Waals surface area contributed by atoms with E-state index in [1.54, 1.807) is 6.07 Å². The minimum atomic E-state index is -0.197. The van der Waals surface area contributed by atoms with E-state index < -0.39 is 0 Å². The van der Waals surface area contributed by atoms with Crippen molar-refractivity contribution in [1.82, 2.24) is 15.5 Å². The number of aromatic nitrogens is 2. The molecule has 2 heterocycles. The van der Waals surface area contributed by atoms with Gasteiger partial charge in [-0.1, -0.05) is 44.9 Å². The second-order valence-corrected chi connectivity index (χ2v) is 7.04. The summed E-state index contributed by atoms with van der Waals surface area (Å²) in [5, 5.41) is 9.69. The van der Waals surface area contributed by atoms with Crippen molar-refractivity contribution in [2.75, 3.05) is 13.1 Å². The van der Waals surface area contributed by atoms with Crippen molar-refractivity contribution < 1.29 is 4.74 Å². The largest absolute Gasteiger partial charge is 0.489 e. The highest BCUT2D eigenvalue weighted by atomic mass is 16.5. The normalized spacial score (nSPS) is 19.9. The minimum absolute atomic E-state index is 0.197. The van der Waals surface area contributed by atoms with Gasteiger partial charge in [-0.3, -0.25) is 4.79 Å². The fraction of sp³-hybridized carbons (Fsp3) is 0.524. The molecule has 1 aliphatic carbocycles. The molecule has 2 aliphatic rings. The topological polar surface area (TPSA) is 67.0 Å². The molecule has 1 aliphatic heterocycles. The quantitative estimate of drug-likeness (QED) is 0.819. The average Bonchev–Trinajstić information content (AvgIpc) is 3.00. The van der Waals surface area contributed by atoms with Crippen LogP contribution in [0.4, 0.5) is 0 Å². The monoisotopic (exact) mass is 355 g/mol. The molecular weight excluding hydrogens is 326 g/mol. The van der Waals surface area contributed by atoms with Crippen molar-refractivity contribution in [3.05, 3.63) is 46.8 Å². The van der Waals surface area contributed by atoms with Gasteiger partial charge in [-0.2, -0.15) is 5.10 Å². The Morgan fingerprint density at radius 1 is 0.885 bits per heavy atom. The van der Waals surface area contributed by atoms with Crippen molar-refractivity contribution in [2.24, 2.45) is 0 Å². The van der Waals surface area contributed by atoms with E-state index in [1.165, 1.54) is 51.0 Å². The van der Waals surface area contributed by atoms with Gasteiger partial charge in [0.1, 0.15) is 11.9 Å². The van der Waals surface area contributed by atoms with Gasteiger partial charge in [0.2, 0.25) is 0 Å². The SMILES string of the molecule is C1CCCCCC1.O=c1ccc(-c2ccc(OC3CCNC3)cc2)n[nH]1. The summed E-state index contributed by atoms with van der Waals surface area (Å²) < 4.78 is 5.84. The third kappa shape index (κ3) is 5.99. The Labute approximate surface area is 155 Å². The molecule has 5 nitrogen and oxygen atoms in total. The maximum Gasteiger partial charge on any atom is 0.264 e.